The molecule has 3 aromatic carbocycles. The van der Waals surface area contributed by atoms with Crippen molar-refractivity contribution in [2.45, 2.75) is 51.4 Å². The summed E-state index contributed by atoms with van der Waals surface area (Å²) < 4.78 is 0. The monoisotopic (exact) mass is 420 g/mol. The molecule has 0 amide bonds. The summed E-state index contributed by atoms with van der Waals surface area (Å²) in [5.74, 6) is 0. The Morgan fingerprint density at radius 1 is 0.433 bits per heavy atom. The van der Waals surface area contributed by atoms with Crippen LogP contribution in [-0.2, 0) is 0 Å². The van der Waals surface area contributed by atoms with Crippen LogP contribution >= 0.6 is 7.26 Å². The molecule has 0 unspecified atom stereocenters. The van der Waals surface area contributed by atoms with Crippen LogP contribution in [0.5, 0.6) is 0 Å². The van der Waals surface area contributed by atoms with Gasteiger partial charge in [-0.15, -0.1) is 0 Å². The maximum absolute atomic E-state index is 8.90. The fourth-order valence-electron chi connectivity index (χ4n) is 4.66. The zero-order valence-electron chi connectivity index (χ0n) is 18.2. The van der Waals surface area contributed by atoms with Gasteiger partial charge in [-0.3, -0.25) is 0 Å². The first-order valence-corrected chi connectivity index (χ1v) is 13.9. The molecule has 2 heteroatoms. The normalized spacial score (nSPS) is 12.0. The zero-order valence-corrected chi connectivity index (χ0v) is 19.2. The van der Waals surface area contributed by atoms with E-state index in [-0.39, 0.29) is 0 Å². The van der Waals surface area contributed by atoms with Crippen LogP contribution in [-0.4, -0.2) is 17.9 Å². The molecular formula is C28H37OP. The van der Waals surface area contributed by atoms with E-state index >= 15 is 0 Å². The summed E-state index contributed by atoms with van der Waals surface area (Å²) in [7, 11) is -2.04. The molecule has 1 nitrogen and oxygen atoms in total. The van der Waals surface area contributed by atoms with Gasteiger partial charge in [0.15, 0.2) is 0 Å². The number of hydrogen-bond donors (Lipinski definition) is 1. The van der Waals surface area contributed by atoms with Crippen LogP contribution in [0, 0.1) is 0 Å². The molecule has 3 aromatic rings. The Morgan fingerprint density at radius 3 is 1.13 bits per heavy atom. The second-order valence-electron chi connectivity index (χ2n) is 8.31. The molecule has 3 rings (SSSR count). The second-order valence-corrected chi connectivity index (χ2v) is 12.3. The molecule has 0 aliphatic carbocycles. The molecule has 0 spiro atoms. The van der Waals surface area contributed by atoms with E-state index < -0.39 is 7.26 Å². The molecule has 0 saturated carbocycles. The van der Waals surface area contributed by atoms with Crippen molar-refractivity contribution in [3.05, 3.63) is 91.0 Å². The number of hydrogen-bond acceptors (Lipinski definition) is 1. The van der Waals surface area contributed by atoms with Crippen molar-refractivity contribution in [1.29, 1.82) is 0 Å². The standard InChI is InChI=1S/C28H37OP/c29-24-16-5-3-1-2-4-6-17-25-30(26-18-10-7-11-19-26,27-20-12-8-13-21-27)28-22-14-9-15-23-28/h7-15,18-23,29-30H,1-6,16-17,24-25H2. The summed E-state index contributed by atoms with van der Waals surface area (Å²) in [5, 5.41) is 13.5. The predicted molar refractivity (Wildman–Crippen MR) is 135 cm³/mol. The molecule has 0 aliphatic heterocycles. The van der Waals surface area contributed by atoms with E-state index in [1.165, 1.54) is 67.0 Å². The average molecular weight is 421 g/mol. The predicted octanol–water partition coefficient (Wildman–Crippen LogP) is 5.83. The van der Waals surface area contributed by atoms with Crippen molar-refractivity contribution in [2.24, 2.45) is 0 Å². The summed E-state index contributed by atoms with van der Waals surface area (Å²) in [6.07, 6.45) is 11.2. The summed E-state index contributed by atoms with van der Waals surface area (Å²) in [5.41, 5.74) is 0. The molecule has 1 N–H and O–H groups in total. The minimum atomic E-state index is -2.04. The summed E-state index contributed by atoms with van der Waals surface area (Å²) >= 11 is 0. The Balaban J connectivity index is 1.77. The average Bonchev–Trinajstić information content (AvgIpc) is 2.82. The molecular weight excluding hydrogens is 383 g/mol. The summed E-state index contributed by atoms with van der Waals surface area (Å²) in [6.45, 7) is 0.338. The molecule has 0 radical (unpaired) electrons. The van der Waals surface area contributed by atoms with E-state index in [1.807, 2.05) is 0 Å². The van der Waals surface area contributed by atoms with Gasteiger partial charge in [0.1, 0.15) is 0 Å². The number of rotatable bonds is 13. The van der Waals surface area contributed by atoms with Crippen molar-refractivity contribution < 1.29 is 5.11 Å². The minimum absolute atomic E-state index is 0.338. The van der Waals surface area contributed by atoms with E-state index in [0.717, 1.165) is 6.42 Å². The van der Waals surface area contributed by atoms with E-state index in [0.29, 0.717) is 6.61 Å². The number of unbranched alkanes of at least 4 members (excludes halogenated alkanes) is 7. The molecule has 0 fully saturated rings. The molecule has 30 heavy (non-hydrogen) atoms. The molecule has 0 saturated heterocycles. The molecule has 0 aromatic heterocycles. The third-order valence-electron chi connectivity index (χ3n) is 6.26. The summed E-state index contributed by atoms with van der Waals surface area (Å²) in [4.78, 5) is 0. The molecule has 0 bridgehead atoms. The first-order valence-electron chi connectivity index (χ1n) is 11.7. The number of aliphatic hydroxyl groups is 1. The fourth-order valence-corrected chi connectivity index (χ4v) is 9.59. The van der Waals surface area contributed by atoms with Crippen molar-refractivity contribution in [1.82, 2.24) is 0 Å². The van der Waals surface area contributed by atoms with Gasteiger partial charge in [0.25, 0.3) is 0 Å². The first kappa shape index (κ1) is 22.7. The quantitative estimate of drug-likeness (QED) is 0.273. The van der Waals surface area contributed by atoms with Crippen molar-refractivity contribution in [3.63, 3.8) is 0 Å². The van der Waals surface area contributed by atoms with Crippen LogP contribution in [0.15, 0.2) is 91.0 Å². The van der Waals surface area contributed by atoms with E-state index in [9.17, 15) is 0 Å². The van der Waals surface area contributed by atoms with E-state index in [4.69, 9.17) is 5.11 Å². The third-order valence-corrected chi connectivity index (χ3v) is 11.3. The Labute approximate surface area is 183 Å². The van der Waals surface area contributed by atoms with Crippen LogP contribution < -0.4 is 15.9 Å². The van der Waals surface area contributed by atoms with Crippen molar-refractivity contribution in [2.75, 3.05) is 12.8 Å². The Hall–Kier alpha value is -1.95. The van der Waals surface area contributed by atoms with Crippen molar-refractivity contribution >= 4 is 23.2 Å². The first-order chi connectivity index (χ1) is 14.9. The zero-order chi connectivity index (χ0) is 20.9. The van der Waals surface area contributed by atoms with Gasteiger partial charge in [-0.05, 0) is 0 Å². The van der Waals surface area contributed by atoms with E-state index in [2.05, 4.69) is 91.0 Å². The van der Waals surface area contributed by atoms with Crippen LogP contribution in [0.2, 0.25) is 0 Å². The van der Waals surface area contributed by atoms with Gasteiger partial charge in [0.05, 0.1) is 0 Å². The van der Waals surface area contributed by atoms with Crippen LogP contribution in [0.1, 0.15) is 51.4 Å². The van der Waals surface area contributed by atoms with Gasteiger partial charge in [-0.1, -0.05) is 0 Å². The van der Waals surface area contributed by atoms with Gasteiger partial charge in [0.2, 0.25) is 0 Å². The van der Waals surface area contributed by atoms with Crippen molar-refractivity contribution in [3.8, 4) is 0 Å². The van der Waals surface area contributed by atoms with Gasteiger partial charge in [-0.2, -0.15) is 0 Å². The summed E-state index contributed by atoms with van der Waals surface area (Å²) in [6, 6.07) is 33.8. The Morgan fingerprint density at radius 2 is 0.767 bits per heavy atom. The van der Waals surface area contributed by atoms with Gasteiger partial charge in [0, 0.05) is 0 Å². The molecule has 160 valence electrons. The third kappa shape index (κ3) is 6.03. The van der Waals surface area contributed by atoms with Crippen LogP contribution in [0.25, 0.3) is 0 Å². The Kier molecular flexibility index (Phi) is 9.61. The number of aliphatic hydroxyl groups excluding tert-OH is 1. The van der Waals surface area contributed by atoms with Gasteiger partial charge < -0.3 is 0 Å². The maximum atomic E-state index is 8.90. The SMILES string of the molecule is OCCCCCCCCCC[PH](c1ccccc1)(c1ccccc1)c1ccccc1. The second kappa shape index (κ2) is 12.7. The van der Waals surface area contributed by atoms with E-state index in [1.54, 1.807) is 0 Å². The molecule has 0 aliphatic rings. The van der Waals surface area contributed by atoms with Gasteiger partial charge >= 0.3 is 183 Å². The number of benzene rings is 3. The van der Waals surface area contributed by atoms with Crippen LogP contribution in [0.4, 0.5) is 0 Å². The molecule has 0 atom stereocenters. The van der Waals surface area contributed by atoms with Crippen LogP contribution in [0.3, 0.4) is 0 Å². The topological polar surface area (TPSA) is 20.2 Å². The molecule has 0 heterocycles. The fraction of sp³-hybridized carbons (Fsp3) is 0.357. The Bertz CT molecular complexity index is 720. The van der Waals surface area contributed by atoms with Gasteiger partial charge in [-0.25, -0.2) is 0 Å².